The van der Waals surface area contributed by atoms with Gasteiger partial charge >= 0.3 is 5.97 Å². The van der Waals surface area contributed by atoms with Gasteiger partial charge in [-0.1, -0.05) is 6.08 Å². The number of hydrogen-bond donors (Lipinski definition) is 1. The predicted octanol–water partition coefficient (Wildman–Crippen LogP) is 3.71. The van der Waals surface area contributed by atoms with Crippen LogP contribution in [0.5, 0.6) is 0 Å². The Bertz CT molecular complexity index is 587. The Labute approximate surface area is 129 Å². The molecule has 0 bridgehead atoms. The van der Waals surface area contributed by atoms with E-state index >= 15 is 0 Å². The van der Waals surface area contributed by atoms with Gasteiger partial charge in [0.1, 0.15) is 5.00 Å². The molecule has 21 heavy (non-hydrogen) atoms. The molecule has 1 amide bonds. The molecule has 1 heterocycles. The molecule has 0 saturated heterocycles. The number of carbonyl (C=O) groups excluding carboxylic acids is 2. The standard InChI is InChI=1S/C16H21NO3S/c1-4-10(3)14(18)17-15-13(16(19)20-5-2)11-8-6-7-9-12(11)21-15/h4H,5-9H2,1-3H3,(H,17,18). The molecule has 1 N–H and O–H groups in total. The molecule has 0 aromatic carbocycles. The molecule has 0 spiro atoms. The van der Waals surface area contributed by atoms with Crippen LogP contribution in [0.4, 0.5) is 5.00 Å². The first-order chi connectivity index (χ1) is 10.1. The summed E-state index contributed by atoms with van der Waals surface area (Å²) < 4.78 is 5.16. The summed E-state index contributed by atoms with van der Waals surface area (Å²) in [6.07, 6.45) is 5.84. The van der Waals surface area contributed by atoms with Crippen LogP contribution in [0, 0.1) is 0 Å². The number of thiophene rings is 1. The molecular formula is C16H21NO3S. The van der Waals surface area contributed by atoms with Gasteiger partial charge in [-0.05, 0) is 52.0 Å². The molecule has 2 rings (SSSR count). The zero-order chi connectivity index (χ0) is 15.4. The minimum atomic E-state index is -0.328. The molecule has 1 aromatic heterocycles. The number of ether oxygens (including phenoxy) is 1. The number of hydrogen-bond acceptors (Lipinski definition) is 4. The van der Waals surface area contributed by atoms with E-state index in [-0.39, 0.29) is 11.9 Å². The second-order valence-electron chi connectivity index (χ2n) is 5.06. The van der Waals surface area contributed by atoms with Crippen molar-refractivity contribution < 1.29 is 14.3 Å². The Morgan fingerprint density at radius 3 is 2.71 bits per heavy atom. The molecule has 1 aliphatic carbocycles. The fourth-order valence-corrected chi connectivity index (χ4v) is 3.68. The average molecular weight is 307 g/mol. The molecule has 114 valence electrons. The number of carbonyl (C=O) groups is 2. The SMILES string of the molecule is CC=C(C)C(=O)Nc1sc2c(c1C(=O)OCC)CCCC2. The zero-order valence-corrected chi connectivity index (χ0v) is 13.6. The van der Waals surface area contributed by atoms with Crippen molar-refractivity contribution in [3.8, 4) is 0 Å². The number of fused-ring (bicyclic) bond motifs is 1. The van der Waals surface area contributed by atoms with Gasteiger partial charge in [0.05, 0.1) is 12.2 Å². The Kier molecular flexibility index (Phi) is 5.17. The highest BCUT2D eigenvalue weighted by atomic mass is 32.1. The molecule has 1 aromatic rings. The Hall–Kier alpha value is -1.62. The van der Waals surface area contributed by atoms with E-state index in [1.165, 1.54) is 16.2 Å². The van der Waals surface area contributed by atoms with Crippen LogP contribution in [0.1, 0.15) is 54.4 Å². The third-order valence-electron chi connectivity index (χ3n) is 3.67. The van der Waals surface area contributed by atoms with Gasteiger partial charge in [0.15, 0.2) is 0 Å². The molecular weight excluding hydrogens is 286 g/mol. The quantitative estimate of drug-likeness (QED) is 0.681. The van der Waals surface area contributed by atoms with Crippen molar-refractivity contribution in [1.82, 2.24) is 0 Å². The fraction of sp³-hybridized carbons (Fsp3) is 0.500. The largest absolute Gasteiger partial charge is 0.462 e. The van der Waals surface area contributed by atoms with Crippen LogP contribution in [0.2, 0.25) is 0 Å². The van der Waals surface area contributed by atoms with E-state index in [4.69, 9.17) is 4.74 Å². The number of nitrogens with one attached hydrogen (secondary N) is 1. The number of anilines is 1. The average Bonchev–Trinajstić information content (AvgIpc) is 2.84. The fourth-order valence-electron chi connectivity index (χ4n) is 2.41. The minimum Gasteiger partial charge on any atom is -0.462 e. The summed E-state index contributed by atoms with van der Waals surface area (Å²) in [6, 6.07) is 0. The first-order valence-corrected chi connectivity index (χ1v) is 8.16. The van der Waals surface area contributed by atoms with Crippen molar-refractivity contribution >= 4 is 28.2 Å². The smallest absolute Gasteiger partial charge is 0.341 e. The molecule has 0 fully saturated rings. The number of esters is 1. The molecule has 0 radical (unpaired) electrons. The van der Waals surface area contributed by atoms with Crippen LogP contribution in [-0.2, 0) is 22.4 Å². The van der Waals surface area contributed by atoms with E-state index in [1.807, 2.05) is 6.92 Å². The van der Waals surface area contributed by atoms with Crippen molar-refractivity contribution in [2.24, 2.45) is 0 Å². The molecule has 0 unspecified atom stereocenters. The molecule has 0 saturated carbocycles. The lowest BCUT2D eigenvalue weighted by molar-refractivity contribution is -0.112. The van der Waals surface area contributed by atoms with Crippen LogP contribution in [0.25, 0.3) is 0 Å². The van der Waals surface area contributed by atoms with Crippen LogP contribution < -0.4 is 5.32 Å². The van der Waals surface area contributed by atoms with Crippen molar-refractivity contribution in [1.29, 1.82) is 0 Å². The van der Waals surface area contributed by atoms with Gasteiger partial charge in [0.2, 0.25) is 0 Å². The van der Waals surface area contributed by atoms with Gasteiger partial charge in [-0.2, -0.15) is 0 Å². The Morgan fingerprint density at radius 1 is 1.33 bits per heavy atom. The molecule has 0 atom stereocenters. The number of allylic oxidation sites excluding steroid dienone is 1. The summed E-state index contributed by atoms with van der Waals surface area (Å²) in [6.45, 7) is 5.71. The van der Waals surface area contributed by atoms with Crippen molar-refractivity contribution in [3.05, 3.63) is 27.7 Å². The molecule has 4 nitrogen and oxygen atoms in total. The second kappa shape index (κ2) is 6.89. The van der Waals surface area contributed by atoms with Crippen molar-refractivity contribution in [3.63, 3.8) is 0 Å². The summed E-state index contributed by atoms with van der Waals surface area (Å²) in [7, 11) is 0. The Morgan fingerprint density at radius 2 is 2.05 bits per heavy atom. The maximum atomic E-state index is 12.2. The minimum absolute atomic E-state index is 0.165. The monoisotopic (exact) mass is 307 g/mol. The summed E-state index contributed by atoms with van der Waals surface area (Å²) in [5.41, 5.74) is 2.27. The number of rotatable bonds is 4. The van der Waals surface area contributed by atoms with E-state index in [1.54, 1.807) is 19.9 Å². The van der Waals surface area contributed by atoms with Crippen molar-refractivity contribution in [2.75, 3.05) is 11.9 Å². The van der Waals surface area contributed by atoms with E-state index in [0.717, 1.165) is 31.2 Å². The number of amides is 1. The lowest BCUT2D eigenvalue weighted by atomic mass is 9.95. The maximum absolute atomic E-state index is 12.2. The van der Waals surface area contributed by atoms with Crippen molar-refractivity contribution in [2.45, 2.75) is 46.5 Å². The summed E-state index contributed by atoms with van der Waals surface area (Å²) in [5.74, 6) is -0.494. The van der Waals surface area contributed by atoms with Crippen LogP contribution >= 0.6 is 11.3 Å². The van der Waals surface area contributed by atoms with Crippen LogP contribution in [0.15, 0.2) is 11.6 Å². The summed E-state index contributed by atoms with van der Waals surface area (Å²) in [5, 5.41) is 3.50. The highest BCUT2D eigenvalue weighted by Gasteiger charge is 2.27. The first kappa shape index (κ1) is 15.8. The lowest BCUT2D eigenvalue weighted by Crippen LogP contribution is -2.16. The van der Waals surface area contributed by atoms with E-state index in [2.05, 4.69) is 5.32 Å². The molecule has 5 heteroatoms. The van der Waals surface area contributed by atoms with Gasteiger partial charge in [0.25, 0.3) is 5.91 Å². The third-order valence-corrected chi connectivity index (χ3v) is 4.88. The highest BCUT2D eigenvalue weighted by Crippen LogP contribution is 2.38. The summed E-state index contributed by atoms with van der Waals surface area (Å²) >= 11 is 1.51. The van der Waals surface area contributed by atoms with Crippen LogP contribution in [-0.4, -0.2) is 18.5 Å². The molecule has 0 aliphatic heterocycles. The Balaban J connectivity index is 2.37. The maximum Gasteiger partial charge on any atom is 0.341 e. The predicted molar refractivity (Wildman–Crippen MR) is 85.0 cm³/mol. The highest BCUT2D eigenvalue weighted by molar-refractivity contribution is 7.17. The van der Waals surface area contributed by atoms with Gasteiger partial charge in [-0.3, -0.25) is 4.79 Å². The van der Waals surface area contributed by atoms with Crippen LogP contribution in [0.3, 0.4) is 0 Å². The zero-order valence-electron chi connectivity index (χ0n) is 12.7. The molecule has 1 aliphatic rings. The second-order valence-corrected chi connectivity index (χ2v) is 6.17. The normalized spacial score (nSPS) is 14.5. The van der Waals surface area contributed by atoms with Gasteiger partial charge in [0, 0.05) is 10.5 Å². The van der Waals surface area contributed by atoms with Gasteiger partial charge < -0.3 is 10.1 Å². The van der Waals surface area contributed by atoms with E-state index in [0.29, 0.717) is 22.7 Å². The topological polar surface area (TPSA) is 55.4 Å². The lowest BCUT2D eigenvalue weighted by Gasteiger charge is -2.12. The third kappa shape index (κ3) is 3.35. The first-order valence-electron chi connectivity index (χ1n) is 7.34. The van der Waals surface area contributed by atoms with E-state index < -0.39 is 0 Å². The van der Waals surface area contributed by atoms with Gasteiger partial charge in [-0.25, -0.2) is 4.79 Å². The van der Waals surface area contributed by atoms with Gasteiger partial charge in [-0.15, -0.1) is 11.3 Å². The number of aryl methyl sites for hydroxylation is 1. The summed E-state index contributed by atoms with van der Waals surface area (Å²) in [4.78, 5) is 25.5. The van der Waals surface area contributed by atoms with E-state index in [9.17, 15) is 9.59 Å².